The molecule has 0 spiro atoms. The van der Waals surface area contributed by atoms with E-state index in [1.54, 1.807) is 0 Å². The largest absolute Gasteiger partial charge is 0.459 e. The highest BCUT2D eigenvalue weighted by Crippen LogP contribution is 2.60. The van der Waals surface area contributed by atoms with Crippen molar-refractivity contribution in [3.63, 3.8) is 0 Å². The second-order valence-electron chi connectivity index (χ2n) is 8.23. The Kier molecular flexibility index (Phi) is 5.48. The molecule has 1 atom stereocenters. The van der Waals surface area contributed by atoms with Crippen LogP contribution in [-0.4, -0.2) is 54.7 Å². The molecule has 4 bridgehead atoms. The van der Waals surface area contributed by atoms with E-state index in [1.165, 1.54) is 0 Å². The third kappa shape index (κ3) is 3.75. The predicted octanol–water partition coefficient (Wildman–Crippen LogP) is 2.20. The van der Waals surface area contributed by atoms with E-state index in [4.69, 9.17) is 9.29 Å². The van der Waals surface area contributed by atoms with Crippen molar-refractivity contribution in [2.24, 2.45) is 23.2 Å². The summed E-state index contributed by atoms with van der Waals surface area (Å²) in [5, 5.41) is 3.36. The van der Waals surface area contributed by atoms with Gasteiger partial charge in [0.15, 0.2) is 0 Å². The number of hydrogen-bond acceptors (Lipinski definition) is 6. The fourth-order valence-electron chi connectivity index (χ4n) is 5.19. The van der Waals surface area contributed by atoms with Gasteiger partial charge in [0.2, 0.25) is 0 Å². The van der Waals surface area contributed by atoms with Gasteiger partial charge < -0.3 is 14.6 Å². The number of halogens is 4. The third-order valence-electron chi connectivity index (χ3n) is 6.06. The molecule has 1 unspecified atom stereocenters. The van der Waals surface area contributed by atoms with E-state index in [2.05, 4.69) is 4.74 Å². The molecule has 4 aliphatic carbocycles. The van der Waals surface area contributed by atoms with Crippen molar-refractivity contribution >= 4 is 16.1 Å². The topological polar surface area (TPSA) is 110 Å². The van der Waals surface area contributed by atoms with Gasteiger partial charge in [-0.15, -0.1) is 0 Å². The first-order valence-corrected chi connectivity index (χ1v) is 10.4. The van der Waals surface area contributed by atoms with Crippen molar-refractivity contribution in [2.45, 2.75) is 56.0 Å². The maximum Gasteiger partial charge on any atom is 0.459 e. The third-order valence-corrected chi connectivity index (χ3v) is 6.95. The number of esters is 1. The van der Waals surface area contributed by atoms with Gasteiger partial charge in [-0.2, -0.15) is 26.0 Å². The van der Waals surface area contributed by atoms with Crippen molar-refractivity contribution in [1.29, 1.82) is 0 Å². The van der Waals surface area contributed by atoms with E-state index in [9.17, 15) is 35.9 Å². The van der Waals surface area contributed by atoms with Crippen LogP contribution >= 0.6 is 0 Å². The molecule has 7 nitrogen and oxygen atoms in total. The maximum atomic E-state index is 13.4. The minimum atomic E-state index is -6.45. The molecule has 4 aliphatic rings. The molecule has 162 valence electrons. The molecule has 0 aromatic heterocycles. The smallest absolute Gasteiger partial charge is 0.457 e. The number of carbonyl (C=O) groups is 1. The van der Waals surface area contributed by atoms with Crippen LogP contribution in [0.25, 0.3) is 0 Å². The summed E-state index contributed by atoms with van der Waals surface area (Å²) in [4.78, 5) is 12.7. The lowest BCUT2D eigenvalue weighted by molar-refractivity contribution is -0.325. The zero-order valence-electron chi connectivity index (χ0n) is 14.8. The SMILES string of the molecule is O=C(OC(CO)COC(F)(F)C(F)(F)S(=O)(=O)O)C12CC3CC(CC(C3)C1)C2. The van der Waals surface area contributed by atoms with Gasteiger partial charge in [-0.25, -0.2) is 0 Å². The molecule has 12 heteroatoms. The molecule has 0 aliphatic heterocycles. The Morgan fingerprint density at radius 1 is 1.07 bits per heavy atom. The van der Waals surface area contributed by atoms with Crippen LogP contribution < -0.4 is 0 Å². The number of carbonyl (C=O) groups excluding carboxylic acids is 1. The Balaban J connectivity index is 1.63. The average molecular weight is 434 g/mol. The van der Waals surface area contributed by atoms with Gasteiger partial charge in [0, 0.05) is 0 Å². The molecule has 28 heavy (non-hydrogen) atoms. The highest BCUT2D eigenvalue weighted by atomic mass is 32.2. The molecular weight excluding hydrogens is 412 g/mol. The van der Waals surface area contributed by atoms with E-state index < -0.39 is 52.2 Å². The Hall–Kier alpha value is -0.980. The first-order chi connectivity index (χ1) is 12.8. The van der Waals surface area contributed by atoms with Crippen LogP contribution in [0.1, 0.15) is 38.5 Å². The van der Waals surface area contributed by atoms with Crippen LogP contribution in [0.15, 0.2) is 0 Å². The standard InChI is InChI=1S/C16H22F4O7S/c17-15(18,16(19,20)28(23,24)25)26-8-12(7-21)27-13(22)14-4-9-1-10(5-14)3-11(2-9)6-14/h9-12,21H,1-8H2,(H,23,24,25). The van der Waals surface area contributed by atoms with Crippen molar-refractivity contribution in [3.8, 4) is 0 Å². The predicted molar refractivity (Wildman–Crippen MR) is 85.0 cm³/mol. The number of hydrogen-bond donors (Lipinski definition) is 2. The van der Waals surface area contributed by atoms with Crippen molar-refractivity contribution < 1.29 is 49.9 Å². The summed E-state index contributed by atoms with van der Waals surface area (Å²) >= 11 is 0. The fourth-order valence-corrected chi connectivity index (χ4v) is 5.55. The lowest BCUT2D eigenvalue weighted by Crippen LogP contribution is -2.52. The van der Waals surface area contributed by atoms with E-state index >= 15 is 0 Å². The molecule has 0 aromatic carbocycles. The summed E-state index contributed by atoms with van der Waals surface area (Å²) < 4.78 is 91.0. The Bertz CT molecular complexity index is 689. The summed E-state index contributed by atoms with van der Waals surface area (Å²) in [5.41, 5.74) is -0.761. The van der Waals surface area contributed by atoms with Crippen molar-refractivity contribution in [1.82, 2.24) is 0 Å². The summed E-state index contributed by atoms with van der Waals surface area (Å²) in [6.07, 6.45) is -2.33. The Morgan fingerprint density at radius 2 is 1.54 bits per heavy atom. The van der Waals surface area contributed by atoms with E-state index in [0.29, 0.717) is 37.0 Å². The summed E-state index contributed by atoms with van der Waals surface area (Å²) in [7, 11) is -6.45. The highest BCUT2D eigenvalue weighted by Gasteiger charge is 2.67. The number of aliphatic hydroxyl groups excluding tert-OH is 1. The Morgan fingerprint density at radius 3 is 1.93 bits per heavy atom. The minimum absolute atomic E-state index is 0.389. The molecular formula is C16H22F4O7S. The van der Waals surface area contributed by atoms with Gasteiger partial charge in [0.05, 0.1) is 18.6 Å². The molecule has 0 radical (unpaired) electrons. The Labute approximate surface area is 159 Å². The normalized spacial score (nSPS) is 33.7. The number of aliphatic hydroxyl groups is 1. The fraction of sp³-hybridized carbons (Fsp3) is 0.938. The monoisotopic (exact) mass is 434 g/mol. The molecule has 4 fully saturated rings. The summed E-state index contributed by atoms with van der Waals surface area (Å²) in [6.45, 7) is -2.35. The summed E-state index contributed by atoms with van der Waals surface area (Å²) in [5.74, 6) is 0.486. The summed E-state index contributed by atoms with van der Waals surface area (Å²) in [6, 6.07) is 0. The van der Waals surface area contributed by atoms with Crippen molar-refractivity contribution in [2.75, 3.05) is 13.2 Å². The highest BCUT2D eigenvalue weighted by molar-refractivity contribution is 7.86. The first kappa shape index (κ1) is 21.7. The zero-order valence-corrected chi connectivity index (χ0v) is 15.6. The van der Waals surface area contributed by atoms with Gasteiger partial charge in [-0.3, -0.25) is 9.35 Å². The first-order valence-electron chi connectivity index (χ1n) is 8.98. The van der Waals surface area contributed by atoms with Gasteiger partial charge >= 0.3 is 27.5 Å². The van der Waals surface area contributed by atoms with E-state index in [-0.39, 0.29) is 0 Å². The molecule has 0 amide bonds. The second kappa shape index (κ2) is 7.06. The number of ether oxygens (including phenoxy) is 2. The maximum absolute atomic E-state index is 13.4. The van der Waals surface area contributed by atoms with Crippen LogP contribution in [0.5, 0.6) is 0 Å². The van der Waals surface area contributed by atoms with Gasteiger partial charge in [-0.05, 0) is 56.3 Å². The lowest BCUT2D eigenvalue weighted by Gasteiger charge is -2.55. The zero-order chi connectivity index (χ0) is 21.0. The van der Waals surface area contributed by atoms with Gasteiger partial charge in [-0.1, -0.05) is 0 Å². The minimum Gasteiger partial charge on any atom is -0.457 e. The van der Waals surface area contributed by atoms with Gasteiger partial charge in [0.25, 0.3) is 0 Å². The number of alkyl halides is 4. The molecule has 2 N–H and O–H groups in total. The van der Waals surface area contributed by atoms with E-state index in [0.717, 1.165) is 19.3 Å². The molecule has 0 aromatic rings. The van der Waals surface area contributed by atoms with Crippen LogP contribution in [0.4, 0.5) is 17.6 Å². The molecule has 4 rings (SSSR count). The molecule has 4 saturated carbocycles. The quantitative estimate of drug-likeness (QED) is 0.342. The second-order valence-corrected chi connectivity index (χ2v) is 9.69. The van der Waals surface area contributed by atoms with Gasteiger partial charge in [0.1, 0.15) is 6.10 Å². The molecule has 0 saturated heterocycles. The average Bonchev–Trinajstić information content (AvgIpc) is 2.56. The number of rotatable bonds is 8. The van der Waals surface area contributed by atoms with Crippen molar-refractivity contribution in [3.05, 3.63) is 0 Å². The van der Waals surface area contributed by atoms with Crippen LogP contribution in [0, 0.1) is 23.2 Å². The molecule has 0 heterocycles. The van der Waals surface area contributed by atoms with E-state index in [1.807, 2.05) is 0 Å². The van der Waals surface area contributed by atoms with Crippen LogP contribution in [0.3, 0.4) is 0 Å². The van der Waals surface area contributed by atoms with Crippen LogP contribution in [0.2, 0.25) is 0 Å². The lowest BCUT2D eigenvalue weighted by atomic mass is 9.49. The van der Waals surface area contributed by atoms with Crippen LogP contribution in [-0.2, 0) is 24.4 Å².